The van der Waals surface area contributed by atoms with Crippen LogP contribution in [0.2, 0.25) is 0 Å². The van der Waals surface area contributed by atoms with Crippen molar-refractivity contribution in [2.24, 2.45) is 11.5 Å². The third kappa shape index (κ3) is 2.26. The van der Waals surface area contributed by atoms with Crippen molar-refractivity contribution in [2.75, 3.05) is 0 Å². The lowest BCUT2D eigenvalue weighted by Crippen LogP contribution is -2.10. The van der Waals surface area contributed by atoms with Crippen LogP contribution < -0.4 is 11.5 Å². The fourth-order valence-electron chi connectivity index (χ4n) is 1.20. The van der Waals surface area contributed by atoms with Crippen LogP contribution in [-0.4, -0.2) is 0 Å². The van der Waals surface area contributed by atoms with E-state index in [1.54, 1.807) is 13.0 Å². The highest BCUT2D eigenvalue weighted by molar-refractivity contribution is 5.27. The summed E-state index contributed by atoms with van der Waals surface area (Å²) in [5, 5.41) is 0. The number of rotatable bonds is 2. The second-order valence-electron chi connectivity index (χ2n) is 3.36. The molecule has 1 aromatic carbocycles. The van der Waals surface area contributed by atoms with Crippen molar-refractivity contribution < 1.29 is 4.39 Å². The maximum Gasteiger partial charge on any atom is 0.128 e. The molecule has 2 unspecified atom stereocenters. The van der Waals surface area contributed by atoms with E-state index in [-0.39, 0.29) is 17.9 Å². The normalized spacial score (nSPS) is 15.5. The van der Waals surface area contributed by atoms with Crippen molar-refractivity contribution in [3.05, 3.63) is 35.1 Å². The van der Waals surface area contributed by atoms with Crippen LogP contribution >= 0.6 is 0 Å². The fraction of sp³-hybridized carbons (Fsp3) is 0.400. The van der Waals surface area contributed by atoms with Crippen LogP contribution in [0, 0.1) is 5.82 Å². The van der Waals surface area contributed by atoms with E-state index < -0.39 is 0 Å². The van der Waals surface area contributed by atoms with E-state index in [2.05, 4.69) is 0 Å². The zero-order valence-corrected chi connectivity index (χ0v) is 7.92. The molecule has 0 aliphatic carbocycles. The van der Waals surface area contributed by atoms with Crippen molar-refractivity contribution in [2.45, 2.75) is 25.9 Å². The molecule has 0 fully saturated rings. The Morgan fingerprint density at radius 3 is 2.15 bits per heavy atom. The van der Waals surface area contributed by atoms with Gasteiger partial charge < -0.3 is 11.5 Å². The average molecular weight is 182 g/mol. The highest BCUT2D eigenvalue weighted by Crippen LogP contribution is 2.18. The molecule has 13 heavy (non-hydrogen) atoms. The van der Waals surface area contributed by atoms with Crippen molar-refractivity contribution in [1.82, 2.24) is 0 Å². The summed E-state index contributed by atoms with van der Waals surface area (Å²) in [6.07, 6.45) is 0. The second kappa shape index (κ2) is 3.85. The van der Waals surface area contributed by atoms with Gasteiger partial charge in [-0.3, -0.25) is 0 Å². The maximum atomic E-state index is 13.3. The molecule has 0 saturated heterocycles. The van der Waals surface area contributed by atoms with Gasteiger partial charge in [0, 0.05) is 17.6 Å². The zero-order chi connectivity index (χ0) is 10.0. The van der Waals surface area contributed by atoms with Crippen LogP contribution in [0.3, 0.4) is 0 Å². The first-order chi connectivity index (χ1) is 6.02. The molecule has 0 amide bonds. The second-order valence-corrected chi connectivity index (χ2v) is 3.36. The van der Waals surface area contributed by atoms with Gasteiger partial charge in [-0.15, -0.1) is 0 Å². The van der Waals surface area contributed by atoms with Gasteiger partial charge in [0.05, 0.1) is 0 Å². The number of nitrogens with two attached hydrogens (primary N) is 2. The molecular formula is C10H15FN2. The maximum absolute atomic E-state index is 13.3. The molecule has 0 saturated carbocycles. The Morgan fingerprint density at radius 1 is 1.15 bits per heavy atom. The summed E-state index contributed by atoms with van der Waals surface area (Å²) in [6, 6.07) is 4.54. The largest absolute Gasteiger partial charge is 0.324 e. The lowest BCUT2D eigenvalue weighted by molar-refractivity contribution is 0.589. The van der Waals surface area contributed by atoms with Gasteiger partial charge in [0.25, 0.3) is 0 Å². The quantitative estimate of drug-likeness (QED) is 0.733. The van der Waals surface area contributed by atoms with Crippen LogP contribution in [-0.2, 0) is 0 Å². The third-order valence-corrected chi connectivity index (χ3v) is 2.04. The molecule has 72 valence electrons. The molecule has 0 bridgehead atoms. The molecule has 0 radical (unpaired) electrons. The summed E-state index contributed by atoms with van der Waals surface area (Å²) >= 11 is 0. The Morgan fingerprint density at radius 2 is 1.77 bits per heavy atom. The summed E-state index contributed by atoms with van der Waals surface area (Å²) in [6.45, 7) is 3.57. The van der Waals surface area contributed by atoms with Gasteiger partial charge in [0.15, 0.2) is 0 Å². The first-order valence-corrected chi connectivity index (χ1v) is 4.33. The highest BCUT2D eigenvalue weighted by atomic mass is 19.1. The minimum Gasteiger partial charge on any atom is -0.324 e. The van der Waals surface area contributed by atoms with Gasteiger partial charge in [-0.05, 0) is 25.5 Å². The summed E-state index contributed by atoms with van der Waals surface area (Å²) < 4.78 is 13.3. The van der Waals surface area contributed by atoms with E-state index in [4.69, 9.17) is 11.5 Å². The topological polar surface area (TPSA) is 52.0 Å². The summed E-state index contributed by atoms with van der Waals surface area (Å²) in [4.78, 5) is 0. The molecule has 4 N–H and O–H groups in total. The van der Waals surface area contributed by atoms with Gasteiger partial charge in [0.1, 0.15) is 5.82 Å². The van der Waals surface area contributed by atoms with Crippen LogP contribution in [0.4, 0.5) is 4.39 Å². The molecule has 2 atom stereocenters. The molecular weight excluding hydrogens is 167 g/mol. The van der Waals surface area contributed by atoms with Crippen LogP contribution in [0.15, 0.2) is 18.2 Å². The van der Waals surface area contributed by atoms with Gasteiger partial charge >= 0.3 is 0 Å². The molecule has 0 aliphatic heterocycles. The van der Waals surface area contributed by atoms with E-state index in [0.29, 0.717) is 5.56 Å². The Balaban J connectivity index is 3.06. The van der Waals surface area contributed by atoms with Crippen molar-refractivity contribution in [3.63, 3.8) is 0 Å². The van der Waals surface area contributed by atoms with Gasteiger partial charge in [-0.2, -0.15) is 0 Å². The Kier molecular flexibility index (Phi) is 3.01. The van der Waals surface area contributed by atoms with Crippen LogP contribution in [0.25, 0.3) is 0 Å². The molecule has 1 rings (SSSR count). The number of hydrogen-bond donors (Lipinski definition) is 2. The first kappa shape index (κ1) is 10.2. The average Bonchev–Trinajstić information content (AvgIpc) is 2.03. The molecule has 0 spiro atoms. The zero-order valence-electron chi connectivity index (χ0n) is 7.92. The van der Waals surface area contributed by atoms with Crippen molar-refractivity contribution in [3.8, 4) is 0 Å². The van der Waals surface area contributed by atoms with Gasteiger partial charge in [-0.1, -0.05) is 12.1 Å². The predicted molar refractivity (Wildman–Crippen MR) is 51.6 cm³/mol. The number of benzene rings is 1. The standard InChI is InChI=1S/C10H15FN2/c1-6(12)8-3-4-9(7(2)13)10(11)5-8/h3-7H,12-13H2,1-2H3. The van der Waals surface area contributed by atoms with E-state index in [1.807, 2.05) is 13.0 Å². The minimum absolute atomic E-state index is 0.142. The summed E-state index contributed by atoms with van der Waals surface area (Å²) in [5.74, 6) is -0.273. The lowest BCUT2D eigenvalue weighted by atomic mass is 10.0. The number of halogens is 1. The molecule has 0 heterocycles. The van der Waals surface area contributed by atoms with Crippen molar-refractivity contribution >= 4 is 0 Å². The fourth-order valence-corrected chi connectivity index (χ4v) is 1.20. The molecule has 2 nitrogen and oxygen atoms in total. The van der Waals surface area contributed by atoms with Crippen molar-refractivity contribution in [1.29, 1.82) is 0 Å². The van der Waals surface area contributed by atoms with E-state index in [1.165, 1.54) is 6.07 Å². The minimum atomic E-state index is -0.276. The molecule has 0 aromatic heterocycles. The monoisotopic (exact) mass is 182 g/mol. The Labute approximate surface area is 77.7 Å². The number of hydrogen-bond acceptors (Lipinski definition) is 2. The molecule has 0 aliphatic rings. The smallest absolute Gasteiger partial charge is 0.128 e. The van der Waals surface area contributed by atoms with E-state index in [0.717, 1.165) is 5.56 Å². The molecule has 1 aromatic rings. The summed E-state index contributed by atoms with van der Waals surface area (Å²) in [7, 11) is 0. The SMILES string of the molecule is CC(N)c1ccc(C(C)N)c(F)c1. The van der Waals surface area contributed by atoms with Gasteiger partial charge in [-0.25, -0.2) is 4.39 Å². The Bertz CT molecular complexity index is 295. The van der Waals surface area contributed by atoms with E-state index >= 15 is 0 Å². The Hall–Kier alpha value is -0.930. The van der Waals surface area contributed by atoms with Crippen LogP contribution in [0.5, 0.6) is 0 Å². The highest BCUT2D eigenvalue weighted by Gasteiger charge is 2.08. The third-order valence-electron chi connectivity index (χ3n) is 2.04. The van der Waals surface area contributed by atoms with Crippen LogP contribution in [0.1, 0.15) is 37.1 Å². The van der Waals surface area contributed by atoms with E-state index in [9.17, 15) is 4.39 Å². The molecule has 3 heteroatoms. The predicted octanol–water partition coefficient (Wildman–Crippen LogP) is 1.87. The first-order valence-electron chi connectivity index (χ1n) is 4.33. The summed E-state index contributed by atoms with van der Waals surface area (Å²) in [5.41, 5.74) is 12.5. The lowest BCUT2D eigenvalue weighted by Gasteiger charge is -2.10. The van der Waals surface area contributed by atoms with Gasteiger partial charge in [0.2, 0.25) is 0 Å².